The van der Waals surface area contributed by atoms with Gasteiger partial charge >= 0.3 is 5.97 Å². The lowest BCUT2D eigenvalue weighted by atomic mass is 10.2. The van der Waals surface area contributed by atoms with Crippen molar-refractivity contribution in [1.29, 1.82) is 0 Å². The number of hydrogen-bond donors (Lipinski definition) is 1. The summed E-state index contributed by atoms with van der Waals surface area (Å²) in [4.78, 5) is 12.1. The summed E-state index contributed by atoms with van der Waals surface area (Å²) < 4.78 is 5.68. The summed E-state index contributed by atoms with van der Waals surface area (Å²) in [5.74, 6) is -0.384. The topological polar surface area (TPSA) is 46.5 Å². The SMILES string of the molecule is CCOC(=O)c1cc(Br)sc1C(C)O. The molecule has 1 aromatic heterocycles. The van der Waals surface area contributed by atoms with Crippen molar-refractivity contribution in [3.05, 3.63) is 20.3 Å². The van der Waals surface area contributed by atoms with E-state index in [1.54, 1.807) is 19.9 Å². The minimum Gasteiger partial charge on any atom is -0.462 e. The summed E-state index contributed by atoms with van der Waals surface area (Å²) in [5, 5.41) is 9.42. The van der Waals surface area contributed by atoms with E-state index in [0.29, 0.717) is 17.0 Å². The molecule has 0 amide bonds. The second-order valence-corrected chi connectivity index (χ2v) is 5.19. The van der Waals surface area contributed by atoms with E-state index in [-0.39, 0.29) is 5.97 Å². The monoisotopic (exact) mass is 278 g/mol. The van der Waals surface area contributed by atoms with Crippen LogP contribution in [0.15, 0.2) is 9.85 Å². The summed E-state index contributed by atoms with van der Waals surface area (Å²) in [7, 11) is 0. The van der Waals surface area contributed by atoms with Crippen molar-refractivity contribution in [3.63, 3.8) is 0 Å². The van der Waals surface area contributed by atoms with E-state index in [4.69, 9.17) is 4.74 Å². The van der Waals surface area contributed by atoms with E-state index in [1.807, 2.05) is 0 Å². The Morgan fingerprint density at radius 3 is 2.93 bits per heavy atom. The van der Waals surface area contributed by atoms with Gasteiger partial charge in [0.15, 0.2) is 0 Å². The minimum absolute atomic E-state index is 0.339. The lowest BCUT2D eigenvalue weighted by Crippen LogP contribution is -2.06. The van der Waals surface area contributed by atoms with Gasteiger partial charge in [0.2, 0.25) is 0 Å². The van der Waals surface area contributed by atoms with Crippen LogP contribution in [-0.2, 0) is 4.74 Å². The molecule has 3 nitrogen and oxygen atoms in total. The molecule has 14 heavy (non-hydrogen) atoms. The molecule has 1 heterocycles. The summed E-state index contributed by atoms with van der Waals surface area (Å²) >= 11 is 4.61. The number of halogens is 1. The van der Waals surface area contributed by atoms with Crippen LogP contribution in [-0.4, -0.2) is 17.7 Å². The van der Waals surface area contributed by atoms with Gasteiger partial charge in [0.25, 0.3) is 0 Å². The molecule has 0 aliphatic heterocycles. The molecule has 1 atom stereocenters. The van der Waals surface area contributed by atoms with Gasteiger partial charge in [-0.05, 0) is 35.8 Å². The molecular weight excluding hydrogens is 268 g/mol. The van der Waals surface area contributed by atoms with Crippen LogP contribution >= 0.6 is 27.3 Å². The van der Waals surface area contributed by atoms with Gasteiger partial charge < -0.3 is 9.84 Å². The molecule has 5 heteroatoms. The Morgan fingerprint density at radius 1 is 1.79 bits per heavy atom. The lowest BCUT2D eigenvalue weighted by molar-refractivity contribution is 0.0521. The molecule has 1 unspecified atom stereocenters. The predicted octanol–water partition coefficient (Wildman–Crippen LogP) is 2.74. The van der Waals surface area contributed by atoms with E-state index in [9.17, 15) is 9.90 Å². The first kappa shape index (κ1) is 11.7. The maximum absolute atomic E-state index is 11.4. The van der Waals surface area contributed by atoms with Crippen molar-refractivity contribution in [1.82, 2.24) is 0 Å². The lowest BCUT2D eigenvalue weighted by Gasteiger charge is -2.04. The van der Waals surface area contributed by atoms with E-state index in [0.717, 1.165) is 3.79 Å². The molecule has 1 N–H and O–H groups in total. The summed E-state index contributed by atoms with van der Waals surface area (Å²) in [6.07, 6.45) is -0.647. The molecule has 0 bridgehead atoms. The summed E-state index contributed by atoms with van der Waals surface area (Å²) in [6.45, 7) is 3.72. The molecule has 0 spiro atoms. The maximum Gasteiger partial charge on any atom is 0.339 e. The van der Waals surface area contributed by atoms with Crippen molar-refractivity contribution in [2.75, 3.05) is 6.61 Å². The molecule has 0 radical (unpaired) electrons. The first-order chi connectivity index (χ1) is 6.56. The standard InChI is InChI=1S/C9H11BrO3S/c1-3-13-9(12)6-4-7(10)14-8(6)5(2)11/h4-5,11H,3H2,1-2H3. The molecule has 78 valence electrons. The minimum atomic E-state index is -0.647. The zero-order valence-corrected chi connectivity index (χ0v) is 10.3. The van der Waals surface area contributed by atoms with Crippen molar-refractivity contribution >= 4 is 33.2 Å². The Labute approximate surface area is 94.8 Å². The molecule has 0 saturated heterocycles. The summed E-state index contributed by atoms with van der Waals surface area (Å²) in [5.41, 5.74) is 0.443. The first-order valence-electron chi connectivity index (χ1n) is 4.20. The largest absolute Gasteiger partial charge is 0.462 e. The highest BCUT2D eigenvalue weighted by Gasteiger charge is 2.19. The van der Waals surface area contributed by atoms with E-state index in [2.05, 4.69) is 15.9 Å². The number of rotatable bonds is 3. The Balaban J connectivity index is 3.00. The van der Waals surface area contributed by atoms with Gasteiger partial charge in [0.1, 0.15) is 0 Å². The highest BCUT2D eigenvalue weighted by molar-refractivity contribution is 9.11. The molecule has 1 aromatic rings. The number of aliphatic hydroxyl groups is 1. The summed E-state index contributed by atoms with van der Waals surface area (Å²) in [6, 6.07) is 1.67. The van der Waals surface area contributed by atoms with Crippen LogP contribution < -0.4 is 0 Å². The fourth-order valence-corrected chi connectivity index (χ4v) is 2.61. The zero-order valence-electron chi connectivity index (χ0n) is 7.91. The van der Waals surface area contributed by atoms with Crippen molar-refractivity contribution in [2.45, 2.75) is 20.0 Å². The number of aliphatic hydroxyl groups excluding tert-OH is 1. The van der Waals surface area contributed by atoms with Crippen LogP contribution in [0.25, 0.3) is 0 Å². The van der Waals surface area contributed by atoms with Gasteiger partial charge in [0, 0.05) is 4.88 Å². The van der Waals surface area contributed by atoms with Gasteiger partial charge in [-0.3, -0.25) is 0 Å². The van der Waals surface area contributed by atoms with E-state index < -0.39 is 6.10 Å². The van der Waals surface area contributed by atoms with Crippen LogP contribution in [0, 0.1) is 0 Å². The highest BCUT2D eigenvalue weighted by Crippen LogP contribution is 2.32. The van der Waals surface area contributed by atoms with Crippen LogP contribution in [0.3, 0.4) is 0 Å². The quantitative estimate of drug-likeness (QED) is 0.865. The van der Waals surface area contributed by atoms with Crippen molar-refractivity contribution in [3.8, 4) is 0 Å². The average molecular weight is 279 g/mol. The number of esters is 1. The molecule has 0 saturated carbocycles. The van der Waals surface area contributed by atoms with Crippen LogP contribution in [0.1, 0.15) is 35.2 Å². The number of carbonyl (C=O) groups is 1. The fourth-order valence-electron chi connectivity index (χ4n) is 1.05. The van der Waals surface area contributed by atoms with Crippen LogP contribution in [0.4, 0.5) is 0 Å². The van der Waals surface area contributed by atoms with Crippen LogP contribution in [0.5, 0.6) is 0 Å². The van der Waals surface area contributed by atoms with Gasteiger partial charge in [-0.15, -0.1) is 11.3 Å². The predicted molar refractivity (Wildman–Crippen MR) is 58.6 cm³/mol. The maximum atomic E-state index is 11.4. The number of ether oxygens (including phenoxy) is 1. The third-order valence-corrected chi connectivity index (χ3v) is 3.41. The number of carbonyl (C=O) groups excluding carboxylic acids is 1. The Morgan fingerprint density at radius 2 is 2.43 bits per heavy atom. The fraction of sp³-hybridized carbons (Fsp3) is 0.444. The third-order valence-electron chi connectivity index (χ3n) is 1.61. The van der Waals surface area contributed by atoms with Crippen LogP contribution in [0.2, 0.25) is 0 Å². The van der Waals surface area contributed by atoms with Gasteiger partial charge in [-0.1, -0.05) is 0 Å². The molecule has 0 fully saturated rings. The molecule has 1 rings (SSSR count). The number of thiophene rings is 1. The highest BCUT2D eigenvalue weighted by atomic mass is 79.9. The second-order valence-electron chi connectivity index (χ2n) is 2.72. The second kappa shape index (κ2) is 4.91. The molecule has 0 aliphatic rings. The average Bonchev–Trinajstić information content (AvgIpc) is 2.48. The number of hydrogen-bond acceptors (Lipinski definition) is 4. The van der Waals surface area contributed by atoms with Gasteiger partial charge in [-0.2, -0.15) is 0 Å². The smallest absolute Gasteiger partial charge is 0.339 e. The Hall–Kier alpha value is -0.390. The van der Waals surface area contributed by atoms with E-state index in [1.165, 1.54) is 11.3 Å². The Kier molecular flexibility index (Phi) is 4.10. The normalized spacial score (nSPS) is 12.6. The molecular formula is C9H11BrO3S. The van der Waals surface area contributed by atoms with Crippen molar-refractivity contribution < 1.29 is 14.6 Å². The zero-order chi connectivity index (χ0) is 10.7. The van der Waals surface area contributed by atoms with E-state index >= 15 is 0 Å². The molecule has 0 aromatic carbocycles. The molecule has 0 aliphatic carbocycles. The Bertz CT molecular complexity index is 333. The first-order valence-corrected chi connectivity index (χ1v) is 5.81. The van der Waals surface area contributed by atoms with Gasteiger partial charge in [0.05, 0.1) is 22.1 Å². The van der Waals surface area contributed by atoms with Gasteiger partial charge in [-0.25, -0.2) is 4.79 Å². The third kappa shape index (κ3) is 2.56. The van der Waals surface area contributed by atoms with Crippen molar-refractivity contribution in [2.24, 2.45) is 0 Å².